The summed E-state index contributed by atoms with van der Waals surface area (Å²) in [6, 6.07) is 11.0. The molecule has 1 aromatic heterocycles. The number of amides is 2. The predicted octanol–water partition coefficient (Wildman–Crippen LogP) is 1.32. The minimum atomic E-state index is -0.520. The van der Waals surface area contributed by atoms with E-state index in [2.05, 4.69) is 10.3 Å². The number of hydrogen-bond acceptors (Lipinski definition) is 4. The molecule has 2 aromatic rings. The second kappa shape index (κ2) is 9.09. The molecule has 0 radical (unpaired) electrons. The van der Waals surface area contributed by atoms with Crippen LogP contribution in [0, 0.1) is 0 Å². The molecule has 0 saturated carbocycles. The van der Waals surface area contributed by atoms with Crippen molar-refractivity contribution in [2.24, 2.45) is 5.73 Å². The van der Waals surface area contributed by atoms with Crippen molar-refractivity contribution in [1.82, 2.24) is 10.3 Å². The number of nitrogens with zero attached hydrogens (tertiary/aromatic N) is 1. The summed E-state index contributed by atoms with van der Waals surface area (Å²) < 4.78 is 5.24. The largest absolute Gasteiger partial charge is 0.484 e. The normalized spacial score (nSPS) is 10.5. The van der Waals surface area contributed by atoms with Gasteiger partial charge in [-0.25, -0.2) is 0 Å². The van der Waals surface area contributed by atoms with Crippen LogP contribution in [0.2, 0.25) is 0 Å². The van der Waals surface area contributed by atoms with Crippen LogP contribution in [0.15, 0.2) is 54.9 Å². The number of pyridine rings is 1. The monoisotopic (exact) mass is 325 g/mol. The van der Waals surface area contributed by atoms with Crippen molar-refractivity contribution in [3.05, 3.63) is 66.0 Å². The number of primary amides is 1. The van der Waals surface area contributed by atoms with Crippen molar-refractivity contribution in [2.75, 3.05) is 13.2 Å². The Morgan fingerprint density at radius 3 is 2.88 bits per heavy atom. The van der Waals surface area contributed by atoms with Crippen LogP contribution >= 0.6 is 0 Å². The third-order valence-electron chi connectivity index (χ3n) is 3.10. The first kappa shape index (κ1) is 17.2. The van der Waals surface area contributed by atoms with E-state index in [1.54, 1.807) is 24.5 Å². The molecule has 0 unspecified atom stereocenters. The summed E-state index contributed by atoms with van der Waals surface area (Å²) in [4.78, 5) is 26.4. The molecule has 0 saturated heterocycles. The summed E-state index contributed by atoms with van der Waals surface area (Å²) in [6.45, 7) is 0.342. The summed E-state index contributed by atoms with van der Waals surface area (Å²) in [5.74, 6) is -0.109. The maximum absolute atomic E-state index is 11.8. The zero-order chi connectivity index (χ0) is 17.2. The minimum Gasteiger partial charge on any atom is -0.484 e. The highest BCUT2D eigenvalue weighted by Gasteiger charge is 2.01. The van der Waals surface area contributed by atoms with Gasteiger partial charge in [-0.15, -0.1) is 0 Å². The SMILES string of the molecule is NC(=O)COc1cccc(CCNC(=O)C=Cc2cccnc2)c1. The van der Waals surface area contributed by atoms with Crippen LogP contribution in [-0.4, -0.2) is 29.9 Å². The molecule has 0 bridgehead atoms. The maximum atomic E-state index is 11.8. The molecular formula is C18H19N3O3. The molecule has 0 aliphatic heterocycles. The fourth-order valence-corrected chi connectivity index (χ4v) is 1.98. The van der Waals surface area contributed by atoms with Crippen LogP contribution in [0.5, 0.6) is 5.75 Å². The molecule has 24 heavy (non-hydrogen) atoms. The highest BCUT2D eigenvalue weighted by atomic mass is 16.5. The standard InChI is InChI=1S/C18H19N3O3/c19-17(22)13-24-16-5-1-3-14(11-16)8-10-21-18(23)7-6-15-4-2-9-20-12-15/h1-7,9,11-12H,8,10,13H2,(H2,19,22)(H,21,23). The summed E-state index contributed by atoms with van der Waals surface area (Å²) >= 11 is 0. The lowest BCUT2D eigenvalue weighted by atomic mass is 10.1. The van der Waals surface area contributed by atoms with Gasteiger partial charge in [0.2, 0.25) is 5.91 Å². The van der Waals surface area contributed by atoms with Crippen molar-refractivity contribution in [3.8, 4) is 5.75 Å². The van der Waals surface area contributed by atoms with E-state index in [0.29, 0.717) is 18.7 Å². The molecule has 0 aliphatic carbocycles. The van der Waals surface area contributed by atoms with Crippen LogP contribution in [0.4, 0.5) is 0 Å². The second-order valence-electron chi connectivity index (χ2n) is 5.06. The maximum Gasteiger partial charge on any atom is 0.255 e. The van der Waals surface area contributed by atoms with Crippen molar-refractivity contribution in [1.29, 1.82) is 0 Å². The average molecular weight is 325 g/mol. The molecule has 1 heterocycles. The van der Waals surface area contributed by atoms with Gasteiger partial charge < -0.3 is 15.8 Å². The molecule has 0 fully saturated rings. The van der Waals surface area contributed by atoms with E-state index >= 15 is 0 Å². The molecule has 6 nitrogen and oxygen atoms in total. The number of carbonyl (C=O) groups excluding carboxylic acids is 2. The second-order valence-corrected chi connectivity index (χ2v) is 5.06. The van der Waals surface area contributed by atoms with E-state index in [1.807, 2.05) is 30.3 Å². The smallest absolute Gasteiger partial charge is 0.255 e. The molecule has 0 aliphatic rings. The van der Waals surface area contributed by atoms with E-state index in [9.17, 15) is 9.59 Å². The van der Waals surface area contributed by atoms with E-state index in [0.717, 1.165) is 11.1 Å². The van der Waals surface area contributed by atoms with Crippen LogP contribution in [0.25, 0.3) is 6.08 Å². The Labute approximate surface area is 140 Å². The van der Waals surface area contributed by atoms with E-state index < -0.39 is 5.91 Å². The topological polar surface area (TPSA) is 94.3 Å². The molecule has 0 spiro atoms. The Bertz CT molecular complexity index is 714. The fraction of sp³-hybridized carbons (Fsp3) is 0.167. The van der Waals surface area contributed by atoms with Crippen molar-refractivity contribution >= 4 is 17.9 Å². The van der Waals surface area contributed by atoms with Gasteiger partial charge in [-0.1, -0.05) is 18.2 Å². The number of carbonyl (C=O) groups is 2. The van der Waals surface area contributed by atoms with Crippen LogP contribution in [-0.2, 0) is 16.0 Å². The van der Waals surface area contributed by atoms with Gasteiger partial charge in [0.1, 0.15) is 5.75 Å². The fourth-order valence-electron chi connectivity index (χ4n) is 1.98. The molecule has 124 valence electrons. The lowest BCUT2D eigenvalue weighted by Gasteiger charge is -2.07. The Morgan fingerprint density at radius 1 is 1.25 bits per heavy atom. The Kier molecular flexibility index (Phi) is 6.52. The molecular weight excluding hydrogens is 306 g/mol. The molecule has 2 rings (SSSR count). The van der Waals surface area contributed by atoms with Gasteiger partial charge >= 0.3 is 0 Å². The van der Waals surface area contributed by atoms with Gasteiger partial charge in [0.25, 0.3) is 5.91 Å². The van der Waals surface area contributed by atoms with Gasteiger partial charge in [-0.05, 0) is 41.8 Å². The molecule has 6 heteroatoms. The molecule has 3 N–H and O–H groups in total. The number of rotatable bonds is 8. The van der Waals surface area contributed by atoms with E-state index in [-0.39, 0.29) is 12.5 Å². The van der Waals surface area contributed by atoms with E-state index in [1.165, 1.54) is 6.08 Å². The summed E-state index contributed by atoms with van der Waals surface area (Å²) in [6.07, 6.45) is 7.20. The van der Waals surface area contributed by atoms with Crippen LogP contribution < -0.4 is 15.8 Å². The minimum absolute atomic E-state index is 0.153. The number of nitrogens with two attached hydrogens (primary N) is 1. The van der Waals surface area contributed by atoms with Crippen molar-refractivity contribution in [3.63, 3.8) is 0 Å². The van der Waals surface area contributed by atoms with E-state index in [4.69, 9.17) is 10.5 Å². The van der Waals surface area contributed by atoms with Gasteiger partial charge in [0.05, 0.1) is 0 Å². The molecule has 2 amide bonds. The molecule has 1 aromatic carbocycles. The highest BCUT2D eigenvalue weighted by Crippen LogP contribution is 2.13. The van der Waals surface area contributed by atoms with Gasteiger partial charge in [-0.2, -0.15) is 0 Å². The van der Waals surface area contributed by atoms with Gasteiger partial charge in [0, 0.05) is 25.0 Å². The number of aromatic nitrogens is 1. The number of benzene rings is 1. The predicted molar refractivity (Wildman–Crippen MR) is 91.1 cm³/mol. The summed E-state index contributed by atoms with van der Waals surface area (Å²) in [5, 5.41) is 2.81. The third kappa shape index (κ3) is 6.31. The zero-order valence-corrected chi connectivity index (χ0v) is 13.1. The quantitative estimate of drug-likeness (QED) is 0.716. The van der Waals surface area contributed by atoms with Crippen molar-refractivity contribution in [2.45, 2.75) is 6.42 Å². The Hall–Kier alpha value is -3.15. The van der Waals surface area contributed by atoms with Gasteiger partial charge in [-0.3, -0.25) is 14.6 Å². The zero-order valence-electron chi connectivity index (χ0n) is 13.1. The lowest BCUT2D eigenvalue weighted by molar-refractivity contribution is -0.120. The summed E-state index contributed by atoms with van der Waals surface area (Å²) in [7, 11) is 0. The number of nitrogens with one attached hydrogen (secondary N) is 1. The Morgan fingerprint density at radius 2 is 2.12 bits per heavy atom. The highest BCUT2D eigenvalue weighted by molar-refractivity contribution is 5.91. The first-order valence-corrected chi connectivity index (χ1v) is 7.49. The van der Waals surface area contributed by atoms with Crippen molar-refractivity contribution < 1.29 is 14.3 Å². The first-order chi connectivity index (χ1) is 11.6. The van der Waals surface area contributed by atoms with Crippen LogP contribution in [0.1, 0.15) is 11.1 Å². The lowest BCUT2D eigenvalue weighted by Crippen LogP contribution is -2.23. The number of ether oxygens (including phenoxy) is 1. The molecule has 0 atom stereocenters. The average Bonchev–Trinajstić information content (AvgIpc) is 2.59. The summed E-state index contributed by atoms with van der Waals surface area (Å²) in [5.41, 5.74) is 6.90. The van der Waals surface area contributed by atoms with Crippen LogP contribution in [0.3, 0.4) is 0 Å². The third-order valence-corrected chi connectivity index (χ3v) is 3.10. The Balaban J connectivity index is 1.77. The number of hydrogen-bond donors (Lipinski definition) is 2. The van der Waals surface area contributed by atoms with Gasteiger partial charge in [0.15, 0.2) is 6.61 Å². The first-order valence-electron chi connectivity index (χ1n) is 7.49.